The van der Waals surface area contributed by atoms with Crippen molar-refractivity contribution in [2.45, 2.75) is 56.3 Å². The summed E-state index contributed by atoms with van der Waals surface area (Å²) in [7, 11) is 0. The van der Waals surface area contributed by atoms with Crippen LogP contribution in [0.25, 0.3) is 0 Å². The van der Waals surface area contributed by atoms with Gasteiger partial charge in [-0.25, -0.2) is 4.98 Å². The maximum Gasteiger partial charge on any atom is 0.201 e. The van der Waals surface area contributed by atoms with Gasteiger partial charge in [0.1, 0.15) is 6.26 Å². The molecule has 2 aliphatic carbocycles. The first kappa shape index (κ1) is 10.3. The van der Waals surface area contributed by atoms with Gasteiger partial charge in [-0.3, -0.25) is 0 Å². The van der Waals surface area contributed by atoms with Gasteiger partial charge < -0.3 is 10.2 Å². The maximum absolute atomic E-state index is 5.86. The topological polar surface area (TPSA) is 52.0 Å². The highest BCUT2D eigenvalue weighted by molar-refractivity contribution is 5.16. The lowest BCUT2D eigenvalue weighted by atomic mass is 9.69. The summed E-state index contributed by atoms with van der Waals surface area (Å²) in [6.45, 7) is 0.678. The molecule has 1 aromatic rings. The smallest absolute Gasteiger partial charge is 0.201 e. The van der Waals surface area contributed by atoms with Gasteiger partial charge in [-0.1, -0.05) is 19.3 Å². The molecule has 0 saturated heterocycles. The van der Waals surface area contributed by atoms with Crippen molar-refractivity contribution in [2.75, 3.05) is 6.54 Å². The van der Waals surface area contributed by atoms with Crippen LogP contribution >= 0.6 is 0 Å². The Labute approximate surface area is 96.4 Å². The monoisotopic (exact) mass is 220 g/mol. The molecule has 3 heteroatoms. The summed E-state index contributed by atoms with van der Waals surface area (Å²) in [5, 5.41) is 0. The van der Waals surface area contributed by atoms with Crippen LogP contribution in [0.4, 0.5) is 0 Å². The molecule has 0 radical (unpaired) electrons. The van der Waals surface area contributed by atoms with Gasteiger partial charge in [0.25, 0.3) is 0 Å². The quantitative estimate of drug-likeness (QED) is 0.852. The second-order valence-electron chi connectivity index (χ2n) is 5.40. The summed E-state index contributed by atoms with van der Waals surface area (Å²) in [6, 6.07) is 0. The number of oxazole rings is 1. The molecule has 1 aromatic heterocycles. The number of nitrogens with zero attached hydrogens (tertiary/aromatic N) is 1. The minimum atomic E-state index is 0.0802. The molecule has 3 rings (SSSR count). The average Bonchev–Trinajstić information content (AvgIpc) is 2.86. The zero-order valence-corrected chi connectivity index (χ0v) is 9.74. The fraction of sp³-hybridized carbons (Fsp3) is 0.769. The van der Waals surface area contributed by atoms with Crippen molar-refractivity contribution in [1.29, 1.82) is 0 Å². The van der Waals surface area contributed by atoms with Crippen molar-refractivity contribution in [2.24, 2.45) is 5.73 Å². The molecule has 2 N–H and O–H groups in total. The van der Waals surface area contributed by atoms with Crippen LogP contribution in [-0.4, -0.2) is 11.5 Å². The van der Waals surface area contributed by atoms with Crippen LogP contribution in [0.2, 0.25) is 0 Å². The Morgan fingerprint density at radius 1 is 1.31 bits per heavy atom. The van der Waals surface area contributed by atoms with Gasteiger partial charge in [0.15, 0.2) is 0 Å². The van der Waals surface area contributed by atoms with Crippen LogP contribution in [0.1, 0.15) is 62.4 Å². The van der Waals surface area contributed by atoms with Gasteiger partial charge in [0, 0.05) is 12.5 Å². The van der Waals surface area contributed by atoms with Crippen LogP contribution in [-0.2, 0) is 5.41 Å². The van der Waals surface area contributed by atoms with E-state index in [1.807, 2.05) is 6.26 Å². The Morgan fingerprint density at radius 3 is 2.62 bits per heavy atom. The fourth-order valence-electron chi connectivity index (χ4n) is 3.05. The Hall–Kier alpha value is -0.830. The molecule has 0 unspecified atom stereocenters. The van der Waals surface area contributed by atoms with E-state index in [9.17, 15) is 0 Å². The Morgan fingerprint density at radius 2 is 2.06 bits per heavy atom. The number of rotatable bonds is 3. The summed E-state index contributed by atoms with van der Waals surface area (Å²) in [5.74, 6) is 1.55. The molecule has 2 aliphatic rings. The van der Waals surface area contributed by atoms with Crippen molar-refractivity contribution < 1.29 is 4.42 Å². The number of hydrogen-bond acceptors (Lipinski definition) is 3. The third-order valence-corrected chi connectivity index (χ3v) is 4.45. The first-order valence-corrected chi connectivity index (χ1v) is 6.50. The predicted octanol–water partition coefficient (Wildman–Crippen LogP) is 2.71. The van der Waals surface area contributed by atoms with Crippen LogP contribution in [0.15, 0.2) is 10.7 Å². The van der Waals surface area contributed by atoms with Crippen LogP contribution in [0, 0.1) is 0 Å². The van der Waals surface area contributed by atoms with Crippen LogP contribution < -0.4 is 5.73 Å². The molecule has 0 bridgehead atoms. The van der Waals surface area contributed by atoms with E-state index in [4.69, 9.17) is 15.1 Å². The van der Waals surface area contributed by atoms with E-state index in [0.717, 1.165) is 18.7 Å². The van der Waals surface area contributed by atoms with Crippen molar-refractivity contribution in [3.63, 3.8) is 0 Å². The van der Waals surface area contributed by atoms with E-state index >= 15 is 0 Å². The summed E-state index contributed by atoms with van der Waals surface area (Å²) >= 11 is 0. The highest BCUT2D eigenvalue weighted by Gasteiger charge is 2.42. The second kappa shape index (κ2) is 3.88. The molecule has 2 saturated carbocycles. The Kier molecular flexibility index (Phi) is 2.51. The van der Waals surface area contributed by atoms with Gasteiger partial charge in [-0.05, 0) is 25.7 Å². The lowest BCUT2D eigenvalue weighted by Crippen LogP contribution is -2.41. The average molecular weight is 220 g/mol. The SMILES string of the molecule is NCC1(c2nc(C3CCCC3)co2)CCC1. The minimum Gasteiger partial charge on any atom is -0.448 e. The fourth-order valence-corrected chi connectivity index (χ4v) is 3.05. The van der Waals surface area contributed by atoms with Gasteiger partial charge in [-0.2, -0.15) is 0 Å². The Balaban J connectivity index is 1.81. The molecule has 88 valence electrons. The molecule has 0 aromatic carbocycles. The van der Waals surface area contributed by atoms with Crippen molar-refractivity contribution in [3.05, 3.63) is 17.8 Å². The van der Waals surface area contributed by atoms with Crippen molar-refractivity contribution in [3.8, 4) is 0 Å². The summed E-state index contributed by atoms with van der Waals surface area (Å²) < 4.78 is 5.68. The summed E-state index contributed by atoms with van der Waals surface area (Å²) in [6.07, 6.45) is 10.7. The summed E-state index contributed by atoms with van der Waals surface area (Å²) in [4.78, 5) is 4.71. The van der Waals surface area contributed by atoms with Crippen molar-refractivity contribution in [1.82, 2.24) is 4.98 Å². The van der Waals surface area contributed by atoms with Crippen LogP contribution in [0.5, 0.6) is 0 Å². The zero-order valence-electron chi connectivity index (χ0n) is 9.74. The van der Waals surface area contributed by atoms with E-state index in [0.29, 0.717) is 12.5 Å². The number of aromatic nitrogens is 1. The van der Waals surface area contributed by atoms with Gasteiger partial charge in [0.2, 0.25) is 5.89 Å². The summed E-state index contributed by atoms with van der Waals surface area (Å²) in [5.41, 5.74) is 7.12. The second-order valence-corrected chi connectivity index (χ2v) is 5.40. The normalized spacial score (nSPS) is 24.6. The lowest BCUT2D eigenvalue weighted by molar-refractivity contribution is 0.199. The van der Waals surface area contributed by atoms with E-state index in [-0.39, 0.29) is 5.41 Å². The molecule has 3 nitrogen and oxygen atoms in total. The third-order valence-electron chi connectivity index (χ3n) is 4.45. The lowest BCUT2D eigenvalue weighted by Gasteiger charge is -2.37. The van der Waals surface area contributed by atoms with Crippen molar-refractivity contribution >= 4 is 0 Å². The zero-order chi connectivity index (χ0) is 11.0. The maximum atomic E-state index is 5.86. The molecular weight excluding hydrogens is 200 g/mol. The molecular formula is C13H20N2O. The molecule has 1 heterocycles. The highest BCUT2D eigenvalue weighted by atomic mass is 16.3. The molecule has 0 amide bonds. The number of nitrogens with two attached hydrogens (primary N) is 1. The first-order chi connectivity index (χ1) is 7.84. The first-order valence-electron chi connectivity index (χ1n) is 6.50. The molecule has 2 fully saturated rings. The van der Waals surface area contributed by atoms with Gasteiger partial charge in [-0.15, -0.1) is 0 Å². The minimum absolute atomic E-state index is 0.0802. The predicted molar refractivity (Wildman–Crippen MR) is 62.3 cm³/mol. The highest BCUT2D eigenvalue weighted by Crippen LogP contribution is 2.43. The van der Waals surface area contributed by atoms with E-state index in [2.05, 4.69) is 0 Å². The largest absolute Gasteiger partial charge is 0.448 e. The van der Waals surface area contributed by atoms with Gasteiger partial charge >= 0.3 is 0 Å². The van der Waals surface area contributed by atoms with E-state index < -0.39 is 0 Å². The third kappa shape index (κ3) is 1.49. The molecule has 16 heavy (non-hydrogen) atoms. The van der Waals surface area contributed by atoms with E-state index in [1.54, 1.807) is 0 Å². The standard InChI is InChI=1S/C13H20N2O/c14-9-13(6-3-7-13)12-15-11(8-16-12)10-4-1-2-5-10/h8,10H,1-7,9,14H2. The Bertz CT molecular complexity index is 356. The van der Waals surface area contributed by atoms with Crippen LogP contribution in [0.3, 0.4) is 0 Å². The molecule has 0 spiro atoms. The number of hydrogen-bond donors (Lipinski definition) is 1. The van der Waals surface area contributed by atoms with Gasteiger partial charge in [0.05, 0.1) is 11.1 Å². The van der Waals surface area contributed by atoms with E-state index in [1.165, 1.54) is 37.8 Å². The molecule has 0 atom stereocenters. The molecule has 0 aliphatic heterocycles.